The average Bonchev–Trinajstić information content (AvgIpc) is 2.97. The Morgan fingerprint density at radius 2 is 2.08 bits per heavy atom. The van der Waals surface area contributed by atoms with Gasteiger partial charge in [0.25, 0.3) is 0 Å². The third kappa shape index (κ3) is 3.58. The first-order valence-corrected chi connectivity index (χ1v) is 9.39. The van der Waals surface area contributed by atoms with Crippen molar-refractivity contribution in [3.8, 4) is 5.75 Å². The van der Waals surface area contributed by atoms with Gasteiger partial charge >= 0.3 is 0 Å². The zero-order valence-corrected chi connectivity index (χ0v) is 14.9. The van der Waals surface area contributed by atoms with Crippen LogP contribution in [0.2, 0.25) is 0 Å². The molecule has 5 nitrogen and oxygen atoms in total. The van der Waals surface area contributed by atoms with Gasteiger partial charge in [-0.3, -0.25) is 4.68 Å². The number of ether oxygens (including phenoxy) is 1. The number of benzene rings is 1. The summed E-state index contributed by atoms with van der Waals surface area (Å²) in [4.78, 5) is 0. The summed E-state index contributed by atoms with van der Waals surface area (Å²) in [7, 11) is 1.87. The van der Waals surface area contributed by atoms with E-state index >= 15 is 0 Å². The van der Waals surface area contributed by atoms with Crippen LogP contribution in [0.5, 0.6) is 5.75 Å². The maximum atomic E-state index is 10.4. The van der Waals surface area contributed by atoms with Gasteiger partial charge in [-0.1, -0.05) is 6.07 Å². The van der Waals surface area contributed by atoms with Gasteiger partial charge in [0.1, 0.15) is 5.75 Å². The molecule has 2 atom stereocenters. The molecule has 1 aliphatic heterocycles. The number of aromatic nitrogens is 2. The van der Waals surface area contributed by atoms with Crippen LogP contribution in [0, 0.1) is 0 Å². The maximum Gasteiger partial charge on any atom is 0.124 e. The quantitative estimate of drug-likeness (QED) is 0.898. The molecule has 2 N–H and O–H groups in total. The first kappa shape index (κ1) is 16.6. The molecule has 0 amide bonds. The smallest absolute Gasteiger partial charge is 0.124 e. The summed E-state index contributed by atoms with van der Waals surface area (Å²) in [6, 6.07) is 4.85. The molecule has 4 rings (SSSR count). The third-order valence-electron chi connectivity index (χ3n) is 5.41. The van der Waals surface area contributed by atoms with Crippen LogP contribution in [0.25, 0.3) is 0 Å². The van der Waals surface area contributed by atoms with Crippen molar-refractivity contribution >= 4 is 0 Å². The van der Waals surface area contributed by atoms with Crippen LogP contribution in [-0.4, -0.2) is 28.0 Å². The summed E-state index contributed by atoms with van der Waals surface area (Å²) >= 11 is 0. The molecule has 0 radical (unpaired) electrons. The standard InChI is InChI=1S/C20H27N3O2/c1-23-13-16(11-22-23)19(24)12-21-18-7-4-8-25-20-10-15-6-3-2-5-14(15)9-17(18)20/h9-11,13,18-19,21,24H,2-8,12H2,1H3/t18-,19-/m1/s1. The van der Waals surface area contributed by atoms with Crippen molar-refractivity contribution in [2.24, 2.45) is 7.05 Å². The molecule has 134 valence electrons. The van der Waals surface area contributed by atoms with E-state index in [2.05, 4.69) is 22.5 Å². The zero-order chi connectivity index (χ0) is 17.2. The lowest BCUT2D eigenvalue weighted by Gasteiger charge is -2.24. The Labute approximate surface area is 149 Å². The summed E-state index contributed by atoms with van der Waals surface area (Å²) in [5, 5.41) is 18.1. The summed E-state index contributed by atoms with van der Waals surface area (Å²) in [6.45, 7) is 1.29. The minimum atomic E-state index is -0.543. The van der Waals surface area contributed by atoms with E-state index in [1.54, 1.807) is 10.9 Å². The number of aliphatic hydroxyl groups excluding tert-OH is 1. The minimum Gasteiger partial charge on any atom is -0.493 e. The summed E-state index contributed by atoms with van der Waals surface area (Å²) in [6.07, 6.45) is 10.0. The molecule has 2 aliphatic rings. The fraction of sp³-hybridized carbons (Fsp3) is 0.550. The van der Waals surface area contributed by atoms with E-state index in [4.69, 9.17) is 4.74 Å². The fourth-order valence-electron chi connectivity index (χ4n) is 4.00. The van der Waals surface area contributed by atoms with E-state index in [1.165, 1.54) is 42.4 Å². The molecule has 2 aromatic rings. The van der Waals surface area contributed by atoms with Gasteiger partial charge in [0.2, 0.25) is 0 Å². The SMILES string of the molecule is Cn1cc([C@H](O)CN[C@@H]2CCCOc3cc4c(cc32)CCCC4)cn1. The molecule has 2 heterocycles. The van der Waals surface area contributed by atoms with Gasteiger partial charge in [-0.25, -0.2) is 0 Å². The Morgan fingerprint density at radius 1 is 1.28 bits per heavy atom. The van der Waals surface area contributed by atoms with Crippen LogP contribution >= 0.6 is 0 Å². The van der Waals surface area contributed by atoms with Crippen molar-refractivity contribution in [2.45, 2.75) is 50.7 Å². The predicted molar refractivity (Wildman–Crippen MR) is 96.7 cm³/mol. The van der Waals surface area contributed by atoms with Crippen molar-refractivity contribution < 1.29 is 9.84 Å². The first-order valence-electron chi connectivity index (χ1n) is 9.39. The molecule has 0 spiro atoms. The van der Waals surface area contributed by atoms with Crippen LogP contribution in [0.4, 0.5) is 0 Å². The second-order valence-electron chi connectivity index (χ2n) is 7.28. The largest absolute Gasteiger partial charge is 0.493 e. The van der Waals surface area contributed by atoms with Crippen molar-refractivity contribution in [1.29, 1.82) is 0 Å². The molecule has 1 aromatic heterocycles. The monoisotopic (exact) mass is 341 g/mol. The number of hydrogen-bond donors (Lipinski definition) is 2. The Morgan fingerprint density at radius 3 is 2.84 bits per heavy atom. The molecule has 5 heteroatoms. The number of fused-ring (bicyclic) bond motifs is 2. The number of nitrogens with zero attached hydrogens (tertiary/aromatic N) is 2. The zero-order valence-electron chi connectivity index (χ0n) is 14.9. The fourth-order valence-corrected chi connectivity index (χ4v) is 4.00. The summed E-state index contributed by atoms with van der Waals surface area (Å²) < 4.78 is 7.75. The highest BCUT2D eigenvalue weighted by molar-refractivity contribution is 5.46. The number of aryl methyl sites for hydroxylation is 3. The van der Waals surface area contributed by atoms with Gasteiger partial charge in [0.15, 0.2) is 0 Å². The molecular weight excluding hydrogens is 314 g/mol. The number of rotatable bonds is 4. The molecule has 0 unspecified atom stereocenters. The highest BCUT2D eigenvalue weighted by Gasteiger charge is 2.23. The van der Waals surface area contributed by atoms with E-state index in [0.717, 1.165) is 30.8 Å². The number of hydrogen-bond acceptors (Lipinski definition) is 4. The highest BCUT2D eigenvalue weighted by Crippen LogP contribution is 2.36. The Kier molecular flexibility index (Phi) is 4.77. The molecule has 0 saturated carbocycles. The molecule has 25 heavy (non-hydrogen) atoms. The van der Waals surface area contributed by atoms with E-state index in [1.807, 2.05) is 13.2 Å². The molecular formula is C20H27N3O2. The van der Waals surface area contributed by atoms with Crippen LogP contribution in [0.15, 0.2) is 24.5 Å². The summed E-state index contributed by atoms with van der Waals surface area (Å²) in [5.74, 6) is 1.03. The Bertz CT molecular complexity index is 741. The highest BCUT2D eigenvalue weighted by atomic mass is 16.5. The van der Waals surface area contributed by atoms with Crippen LogP contribution < -0.4 is 10.1 Å². The lowest BCUT2D eigenvalue weighted by atomic mass is 9.88. The van der Waals surface area contributed by atoms with E-state index < -0.39 is 6.10 Å². The molecule has 0 fully saturated rings. The second-order valence-corrected chi connectivity index (χ2v) is 7.28. The van der Waals surface area contributed by atoms with Gasteiger partial charge in [0.05, 0.1) is 18.9 Å². The van der Waals surface area contributed by atoms with E-state index in [9.17, 15) is 5.11 Å². The van der Waals surface area contributed by atoms with E-state index in [0.29, 0.717) is 6.54 Å². The van der Waals surface area contributed by atoms with Gasteiger partial charge in [-0.05, 0) is 55.7 Å². The third-order valence-corrected chi connectivity index (χ3v) is 5.41. The Balaban J connectivity index is 1.52. The molecule has 1 aliphatic carbocycles. The first-order chi connectivity index (χ1) is 12.2. The summed E-state index contributed by atoms with van der Waals surface area (Å²) in [5.41, 5.74) is 5.05. The molecule has 0 bridgehead atoms. The van der Waals surface area contributed by atoms with Gasteiger partial charge in [-0.15, -0.1) is 0 Å². The Hall–Kier alpha value is -1.85. The predicted octanol–water partition coefficient (Wildman–Crippen LogP) is 2.84. The van der Waals surface area contributed by atoms with Crippen LogP contribution in [0.1, 0.15) is 60.1 Å². The van der Waals surface area contributed by atoms with Gasteiger partial charge in [0, 0.05) is 37.0 Å². The maximum absolute atomic E-state index is 10.4. The lowest BCUT2D eigenvalue weighted by molar-refractivity contribution is 0.169. The second kappa shape index (κ2) is 7.18. The van der Waals surface area contributed by atoms with Crippen LogP contribution in [0.3, 0.4) is 0 Å². The van der Waals surface area contributed by atoms with Crippen molar-refractivity contribution in [3.05, 3.63) is 46.8 Å². The van der Waals surface area contributed by atoms with Crippen molar-refractivity contribution in [1.82, 2.24) is 15.1 Å². The van der Waals surface area contributed by atoms with Crippen molar-refractivity contribution in [2.75, 3.05) is 13.2 Å². The number of nitrogens with one attached hydrogen (secondary N) is 1. The topological polar surface area (TPSA) is 59.3 Å². The van der Waals surface area contributed by atoms with Gasteiger partial charge in [-0.2, -0.15) is 5.10 Å². The molecule has 1 aromatic carbocycles. The van der Waals surface area contributed by atoms with E-state index in [-0.39, 0.29) is 6.04 Å². The minimum absolute atomic E-state index is 0.232. The lowest BCUT2D eigenvalue weighted by Crippen LogP contribution is -2.26. The van der Waals surface area contributed by atoms with Crippen LogP contribution in [-0.2, 0) is 19.9 Å². The molecule has 0 saturated heterocycles. The van der Waals surface area contributed by atoms with Gasteiger partial charge < -0.3 is 15.2 Å². The average molecular weight is 341 g/mol. The normalized spacial score (nSPS) is 21.0. The number of aliphatic hydroxyl groups is 1. The van der Waals surface area contributed by atoms with Crippen molar-refractivity contribution in [3.63, 3.8) is 0 Å².